The molecule has 11 heteroatoms. The molecule has 5 rings (SSSR count). The summed E-state index contributed by atoms with van der Waals surface area (Å²) in [6, 6.07) is 0.00417. The number of anilines is 2. The summed E-state index contributed by atoms with van der Waals surface area (Å²) in [6.07, 6.45) is 5.53. The van der Waals surface area contributed by atoms with Crippen molar-refractivity contribution >= 4 is 28.2 Å². The van der Waals surface area contributed by atoms with E-state index in [1.807, 2.05) is 18.0 Å². The molecule has 1 aliphatic carbocycles. The number of halogens is 1. The molecule has 1 saturated carbocycles. The molecular weight excluding hydrogens is 419 g/mol. The van der Waals surface area contributed by atoms with Crippen LogP contribution in [0.3, 0.4) is 0 Å². The molecule has 1 unspecified atom stereocenters. The van der Waals surface area contributed by atoms with Crippen LogP contribution in [-0.4, -0.2) is 50.8 Å². The Balaban J connectivity index is 1.72. The first-order valence-electron chi connectivity index (χ1n) is 10.4. The molecule has 1 aromatic carbocycles. The summed E-state index contributed by atoms with van der Waals surface area (Å²) in [5, 5.41) is 17.5. The zero-order chi connectivity index (χ0) is 22.7. The van der Waals surface area contributed by atoms with Crippen LogP contribution < -0.4 is 20.8 Å². The van der Waals surface area contributed by atoms with Crippen molar-refractivity contribution in [2.45, 2.75) is 38.3 Å². The second-order valence-corrected chi connectivity index (χ2v) is 8.38. The van der Waals surface area contributed by atoms with Crippen LogP contribution >= 0.6 is 0 Å². The number of ether oxygens (including phenoxy) is 1. The normalized spacial score (nSPS) is 18.5. The van der Waals surface area contributed by atoms with Gasteiger partial charge in [-0.05, 0) is 26.2 Å². The first kappa shape index (κ1) is 20.3. The zero-order valence-corrected chi connectivity index (χ0v) is 17.7. The average molecular weight is 442 g/mol. The Labute approximate surface area is 182 Å². The second kappa shape index (κ2) is 7.21. The minimum absolute atomic E-state index is 0.00256. The van der Waals surface area contributed by atoms with Gasteiger partial charge in [-0.25, -0.2) is 13.9 Å². The van der Waals surface area contributed by atoms with Gasteiger partial charge in [0.1, 0.15) is 11.3 Å². The molecule has 2 fully saturated rings. The monoisotopic (exact) mass is 442 g/mol. The summed E-state index contributed by atoms with van der Waals surface area (Å²) < 4.78 is 24.8. The fourth-order valence-corrected chi connectivity index (χ4v) is 4.54. The van der Waals surface area contributed by atoms with Crippen molar-refractivity contribution in [1.82, 2.24) is 19.6 Å². The third-order valence-corrected chi connectivity index (χ3v) is 6.23. The van der Waals surface area contributed by atoms with E-state index in [0.717, 1.165) is 25.0 Å². The Morgan fingerprint density at radius 3 is 2.62 bits per heavy atom. The Kier molecular flexibility index (Phi) is 4.57. The van der Waals surface area contributed by atoms with Crippen LogP contribution in [-0.2, 0) is 0 Å². The van der Waals surface area contributed by atoms with Gasteiger partial charge >= 0.3 is 5.97 Å². The quantitative estimate of drug-likeness (QED) is 0.575. The van der Waals surface area contributed by atoms with E-state index in [2.05, 4.69) is 10.3 Å². The number of aryl methyl sites for hydroxylation is 1. The maximum atomic E-state index is 15.6. The number of rotatable bonds is 5. The number of nitrogens with two attached hydrogens (primary N) is 1. The van der Waals surface area contributed by atoms with E-state index in [0.29, 0.717) is 18.6 Å². The van der Waals surface area contributed by atoms with Crippen molar-refractivity contribution in [3.05, 3.63) is 39.7 Å². The standard InChI is InChI=1S/C21H23FN6O4/c1-10-7-28(25-24-10)12-5-6-26(8-12)18-15(22)16(23)14-17(20(18)32-2)27(11-3-4-11)9-13(19(14)29)21(30)31/h7,9,11-12H,3-6,8,23H2,1-2H3,(H,30,31). The van der Waals surface area contributed by atoms with Gasteiger partial charge in [0.25, 0.3) is 0 Å². The molecule has 1 atom stereocenters. The number of carboxylic acids is 1. The van der Waals surface area contributed by atoms with Gasteiger partial charge in [0.05, 0.1) is 35.4 Å². The topological polar surface area (TPSA) is 128 Å². The third kappa shape index (κ3) is 2.99. The number of pyridine rings is 1. The van der Waals surface area contributed by atoms with Crippen LogP contribution in [0.4, 0.5) is 15.8 Å². The van der Waals surface area contributed by atoms with Crippen LogP contribution in [0.1, 0.15) is 47.4 Å². The highest BCUT2D eigenvalue weighted by molar-refractivity contribution is 6.03. The summed E-state index contributed by atoms with van der Waals surface area (Å²) in [7, 11) is 1.41. The number of aromatic carboxylic acids is 1. The molecule has 32 heavy (non-hydrogen) atoms. The number of aromatic nitrogens is 4. The second-order valence-electron chi connectivity index (χ2n) is 8.38. The SMILES string of the molecule is COc1c(N2CCC(n3cc(C)nn3)C2)c(F)c(N)c2c(=O)c(C(=O)O)cn(C3CC3)c12. The Hall–Kier alpha value is -3.63. The molecule has 0 radical (unpaired) electrons. The van der Waals surface area contributed by atoms with E-state index >= 15 is 4.39 Å². The molecule has 3 aromatic rings. The smallest absolute Gasteiger partial charge is 0.341 e. The van der Waals surface area contributed by atoms with Crippen molar-refractivity contribution in [3.8, 4) is 5.75 Å². The highest BCUT2D eigenvalue weighted by Gasteiger charge is 2.35. The maximum absolute atomic E-state index is 15.6. The minimum Gasteiger partial charge on any atom is -0.492 e. The van der Waals surface area contributed by atoms with Gasteiger partial charge < -0.3 is 25.0 Å². The summed E-state index contributed by atoms with van der Waals surface area (Å²) in [5.74, 6) is -1.98. The molecule has 1 aliphatic heterocycles. The van der Waals surface area contributed by atoms with Gasteiger partial charge in [-0.1, -0.05) is 5.21 Å². The number of nitrogen functional groups attached to an aromatic ring is 1. The highest BCUT2D eigenvalue weighted by atomic mass is 19.1. The molecule has 168 valence electrons. The van der Waals surface area contributed by atoms with Crippen LogP contribution in [0.25, 0.3) is 10.9 Å². The van der Waals surface area contributed by atoms with Gasteiger partial charge in [-0.3, -0.25) is 4.79 Å². The number of carboxylic acid groups (broad SMARTS) is 1. The average Bonchev–Trinajstić information content (AvgIpc) is 3.32. The van der Waals surface area contributed by atoms with E-state index in [1.165, 1.54) is 13.3 Å². The molecule has 1 saturated heterocycles. The Morgan fingerprint density at radius 2 is 2.03 bits per heavy atom. The summed E-state index contributed by atoms with van der Waals surface area (Å²) in [6.45, 7) is 2.84. The highest BCUT2D eigenvalue weighted by Crippen LogP contribution is 2.47. The summed E-state index contributed by atoms with van der Waals surface area (Å²) in [4.78, 5) is 26.4. The number of hydrogen-bond donors (Lipinski definition) is 2. The number of methoxy groups -OCH3 is 1. The van der Waals surface area contributed by atoms with Crippen LogP contribution in [0, 0.1) is 12.7 Å². The van der Waals surface area contributed by atoms with Gasteiger partial charge in [0.2, 0.25) is 5.43 Å². The van der Waals surface area contributed by atoms with Crippen molar-refractivity contribution in [1.29, 1.82) is 0 Å². The van der Waals surface area contributed by atoms with Gasteiger partial charge in [0.15, 0.2) is 11.6 Å². The minimum atomic E-state index is -1.38. The fraction of sp³-hybridized carbons (Fsp3) is 0.429. The molecule has 0 spiro atoms. The maximum Gasteiger partial charge on any atom is 0.341 e. The molecule has 2 aliphatic rings. The Morgan fingerprint density at radius 1 is 1.28 bits per heavy atom. The van der Waals surface area contributed by atoms with E-state index < -0.39 is 22.8 Å². The molecule has 3 heterocycles. The molecule has 0 amide bonds. The third-order valence-electron chi connectivity index (χ3n) is 6.23. The van der Waals surface area contributed by atoms with E-state index in [-0.39, 0.29) is 34.6 Å². The predicted octanol–water partition coefficient (Wildman–Crippen LogP) is 2.12. The molecular formula is C21H23FN6O4. The molecule has 0 bridgehead atoms. The van der Waals surface area contributed by atoms with Crippen molar-refractivity contribution < 1.29 is 19.0 Å². The van der Waals surface area contributed by atoms with Crippen LogP contribution in [0.5, 0.6) is 5.75 Å². The van der Waals surface area contributed by atoms with Crippen LogP contribution in [0.15, 0.2) is 17.2 Å². The lowest BCUT2D eigenvalue weighted by Gasteiger charge is -2.25. The molecule has 2 aromatic heterocycles. The molecule has 3 N–H and O–H groups in total. The lowest BCUT2D eigenvalue weighted by atomic mass is 10.1. The van der Waals surface area contributed by atoms with Gasteiger partial charge in [-0.2, -0.15) is 0 Å². The number of carbonyl (C=O) groups is 1. The number of benzene rings is 1. The zero-order valence-electron chi connectivity index (χ0n) is 17.7. The Bertz CT molecular complexity index is 1310. The number of nitrogens with zero attached hydrogens (tertiary/aromatic N) is 5. The van der Waals surface area contributed by atoms with Crippen molar-refractivity contribution in [2.75, 3.05) is 30.8 Å². The number of fused-ring (bicyclic) bond motifs is 1. The first-order chi connectivity index (χ1) is 15.3. The predicted molar refractivity (Wildman–Crippen MR) is 115 cm³/mol. The van der Waals surface area contributed by atoms with Gasteiger partial charge in [0, 0.05) is 31.5 Å². The first-order valence-corrected chi connectivity index (χ1v) is 10.4. The van der Waals surface area contributed by atoms with Crippen LogP contribution in [0.2, 0.25) is 0 Å². The molecule has 10 nitrogen and oxygen atoms in total. The van der Waals surface area contributed by atoms with Crippen molar-refractivity contribution in [3.63, 3.8) is 0 Å². The van der Waals surface area contributed by atoms with Gasteiger partial charge in [-0.15, -0.1) is 5.10 Å². The van der Waals surface area contributed by atoms with Crippen molar-refractivity contribution in [2.24, 2.45) is 0 Å². The van der Waals surface area contributed by atoms with E-state index in [9.17, 15) is 14.7 Å². The summed E-state index contributed by atoms with van der Waals surface area (Å²) in [5.41, 5.74) is 5.81. The number of hydrogen-bond acceptors (Lipinski definition) is 7. The van der Waals surface area contributed by atoms with E-state index in [4.69, 9.17) is 10.5 Å². The fourth-order valence-electron chi connectivity index (χ4n) is 4.54. The lowest BCUT2D eigenvalue weighted by Crippen LogP contribution is -2.26. The summed E-state index contributed by atoms with van der Waals surface area (Å²) >= 11 is 0. The van der Waals surface area contributed by atoms with E-state index in [1.54, 1.807) is 9.25 Å². The lowest BCUT2D eigenvalue weighted by molar-refractivity contribution is 0.0695. The largest absolute Gasteiger partial charge is 0.492 e.